The molecule has 0 radical (unpaired) electrons. The fourth-order valence-electron chi connectivity index (χ4n) is 1.03. The lowest BCUT2D eigenvalue weighted by Gasteiger charge is -2.15. The van der Waals surface area contributed by atoms with Crippen LogP contribution in [-0.4, -0.2) is 18.2 Å². The van der Waals surface area contributed by atoms with Crippen molar-refractivity contribution in [2.45, 2.75) is 13.8 Å². The van der Waals surface area contributed by atoms with Gasteiger partial charge in [-0.2, -0.15) is 0 Å². The number of hydrogen-bond donors (Lipinski definition) is 0. The van der Waals surface area contributed by atoms with E-state index in [1.807, 2.05) is 0 Å². The quantitative estimate of drug-likeness (QED) is 0.704. The Hall–Kier alpha value is -0.700. The summed E-state index contributed by atoms with van der Waals surface area (Å²) in [5.41, 5.74) is 0.365. The predicted octanol–water partition coefficient (Wildman–Crippen LogP) is 1.97. The first-order valence-electron chi connectivity index (χ1n) is 4.53. The Morgan fingerprint density at radius 3 is 2.36 bits per heavy atom. The monoisotopic (exact) mass is 215 g/mol. The Kier molecular flexibility index (Phi) is 4.26. The average Bonchev–Trinajstić information content (AvgIpc) is 2.20. The van der Waals surface area contributed by atoms with E-state index in [0.717, 1.165) is 0 Å². The Morgan fingerprint density at radius 1 is 1.29 bits per heavy atom. The average molecular weight is 215 g/mol. The molecule has 14 heavy (non-hydrogen) atoms. The van der Waals surface area contributed by atoms with Crippen LogP contribution in [0.1, 0.15) is 13.8 Å². The van der Waals surface area contributed by atoms with Crippen molar-refractivity contribution in [3.05, 3.63) is 24.4 Å². The molecule has 5 heteroatoms. The summed E-state index contributed by atoms with van der Waals surface area (Å²) in [5.74, 6) is 0. The van der Waals surface area contributed by atoms with Crippen molar-refractivity contribution in [3.63, 3.8) is 0 Å². The third kappa shape index (κ3) is 2.64. The zero-order valence-electron chi connectivity index (χ0n) is 8.34. The second-order valence-corrected chi connectivity index (χ2v) is 4.49. The van der Waals surface area contributed by atoms with Crippen molar-refractivity contribution in [3.8, 4) is 0 Å². The van der Waals surface area contributed by atoms with E-state index in [2.05, 4.69) is 4.98 Å². The van der Waals surface area contributed by atoms with E-state index in [4.69, 9.17) is 9.05 Å². The molecule has 1 rings (SSSR count). The maximum atomic E-state index is 12.1. The maximum Gasteiger partial charge on any atom is 0.379 e. The molecule has 0 bridgehead atoms. The molecule has 0 fully saturated rings. The van der Waals surface area contributed by atoms with Crippen molar-refractivity contribution >= 4 is 13.0 Å². The second-order valence-electron chi connectivity index (χ2n) is 2.52. The van der Waals surface area contributed by atoms with Gasteiger partial charge in [-0.25, -0.2) is 4.98 Å². The third-order valence-corrected chi connectivity index (χ3v) is 3.55. The number of rotatable bonds is 5. The van der Waals surface area contributed by atoms with Gasteiger partial charge in [-0.3, -0.25) is 4.57 Å². The summed E-state index contributed by atoms with van der Waals surface area (Å²) in [6, 6.07) is 5.16. The minimum absolute atomic E-state index is 0.341. The number of pyridine rings is 1. The highest BCUT2D eigenvalue weighted by Gasteiger charge is 2.27. The molecule has 0 atom stereocenters. The molecule has 0 aliphatic rings. The van der Waals surface area contributed by atoms with E-state index in [-0.39, 0.29) is 0 Å². The largest absolute Gasteiger partial charge is 0.379 e. The van der Waals surface area contributed by atoms with Crippen LogP contribution >= 0.6 is 7.60 Å². The lowest BCUT2D eigenvalue weighted by molar-refractivity contribution is 0.229. The van der Waals surface area contributed by atoms with Crippen LogP contribution < -0.4 is 5.44 Å². The first kappa shape index (κ1) is 11.4. The maximum absolute atomic E-state index is 12.1. The number of aromatic nitrogens is 1. The second kappa shape index (κ2) is 5.25. The molecule has 1 heterocycles. The lowest BCUT2D eigenvalue weighted by atomic mass is 10.5. The van der Waals surface area contributed by atoms with Gasteiger partial charge in [0.2, 0.25) is 0 Å². The standard InChI is InChI=1S/C9H14NO3P/c1-3-12-14(11,13-4-2)9-7-5-6-8-10-9/h5-8H,3-4H2,1-2H3. The van der Waals surface area contributed by atoms with E-state index in [1.54, 1.807) is 38.2 Å². The van der Waals surface area contributed by atoms with Crippen LogP contribution in [0.4, 0.5) is 0 Å². The van der Waals surface area contributed by atoms with E-state index < -0.39 is 7.60 Å². The van der Waals surface area contributed by atoms with Gasteiger partial charge in [0.25, 0.3) is 0 Å². The van der Waals surface area contributed by atoms with Gasteiger partial charge in [-0.05, 0) is 26.0 Å². The van der Waals surface area contributed by atoms with E-state index >= 15 is 0 Å². The minimum atomic E-state index is -3.18. The molecule has 1 aromatic heterocycles. The van der Waals surface area contributed by atoms with Gasteiger partial charge in [0.15, 0.2) is 5.44 Å². The van der Waals surface area contributed by atoms with Crippen molar-refractivity contribution in [1.82, 2.24) is 4.98 Å². The van der Waals surface area contributed by atoms with Gasteiger partial charge in [0.1, 0.15) is 0 Å². The van der Waals surface area contributed by atoms with Gasteiger partial charge in [-0.1, -0.05) is 6.07 Å². The van der Waals surface area contributed by atoms with Crippen molar-refractivity contribution in [2.75, 3.05) is 13.2 Å². The summed E-state index contributed by atoms with van der Waals surface area (Å²) < 4.78 is 22.4. The Labute approximate surface area is 83.8 Å². The molecule has 0 saturated carbocycles. The fourth-order valence-corrected chi connectivity index (χ4v) is 2.52. The fraction of sp³-hybridized carbons (Fsp3) is 0.444. The smallest absolute Gasteiger partial charge is 0.304 e. The molecule has 0 unspecified atom stereocenters. The van der Waals surface area contributed by atoms with Gasteiger partial charge >= 0.3 is 7.60 Å². The predicted molar refractivity (Wildman–Crippen MR) is 54.7 cm³/mol. The van der Waals surface area contributed by atoms with Crippen LogP contribution in [0.5, 0.6) is 0 Å². The summed E-state index contributed by atoms with van der Waals surface area (Å²) in [7, 11) is -3.18. The van der Waals surface area contributed by atoms with Crippen LogP contribution in [0.25, 0.3) is 0 Å². The molecule has 78 valence electrons. The first-order chi connectivity index (χ1) is 6.73. The van der Waals surface area contributed by atoms with Crippen molar-refractivity contribution in [2.24, 2.45) is 0 Å². The normalized spacial score (nSPS) is 11.6. The van der Waals surface area contributed by atoms with Crippen molar-refractivity contribution < 1.29 is 13.6 Å². The number of nitrogens with zero attached hydrogens (tertiary/aromatic N) is 1. The van der Waals surface area contributed by atoms with Gasteiger partial charge < -0.3 is 9.05 Å². The minimum Gasteiger partial charge on any atom is -0.304 e. The van der Waals surface area contributed by atoms with E-state index in [9.17, 15) is 4.57 Å². The Morgan fingerprint density at radius 2 is 1.93 bits per heavy atom. The molecule has 0 saturated heterocycles. The Bertz CT molecular complexity index is 305. The third-order valence-electron chi connectivity index (χ3n) is 1.53. The molecule has 0 N–H and O–H groups in total. The Balaban J connectivity index is 2.94. The molecule has 0 amide bonds. The van der Waals surface area contributed by atoms with Gasteiger partial charge in [-0.15, -0.1) is 0 Å². The topological polar surface area (TPSA) is 48.4 Å². The summed E-state index contributed by atoms with van der Waals surface area (Å²) in [6.45, 7) is 4.23. The molecule has 0 aromatic carbocycles. The molecule has 0 spiro atoms. The van der Waals surface area contributed by atoms with Crippen LogP contribution in [0.2, 0.25) is 0 Å². The van der Waals surface area contributed by atoms with Crippen LogP contribution in [0.15, 0.2) is 24.4 Å². The highest BCUT2D eigenvalue weighted by atomic mass is 31.2. The lowest BCUT2D eigenvalue weighted by Crippen LogP contribution is -2.13. The molecular weight excluding hydrogens is 201 g/mol. The SMILES string of the molecule is CCOP(=O)(OCC)c1ccccn1. The highest BCUT2D eigenvalue weighted by Crippen LogP contribution is 2.45. The summed E-state index contributed by atoms with van der Waals surface area (Å²) in [4.78, 5) is 3.97. The van der Waals surface area contributed by atoms with Gasteiger partial charge in [0, 0.05) is 6.20 Å². The summed E-state index contributed by atoms with van der Waals surface area (Å²) in [6.07, 6.45) is 1.57. The summed E-state index contributed by atoms with van der Waals surface area (Å²) in [5, 5.41) is 0. The van der Waals surface area contributed by atoms with E-state index in [0.29, 0.717) is 18.6 Å². The van der Waals surface area contributed by atoms with Crippen molar-refractivity contribution in [1.29, 1.82) is 0 Å². The van der Waals surface area contributed by atoms with Crippen LogP contribution in [0, 0.1) is 0 Å². The van der Waals surface area contributed by atoms with Gasteiger partial charge in [0.05, 0.1) is 13.2 Å². The zero-order valence-corrected chi connectivity index (χ0v) is 9.24. The van der Waals surface area contributed by atoms with Crippen LogP contribution in [0.3, 0.4) is 0 Å². The molecule has 0 aliphatic heterocycles. The number of hydrogen-bond acceptors (Lipinski definition) is 4. The molecule has 1 aromatic rings. The van der Waals surface area contributed by atoms with Crippen LogP contribution in [-0.2, 0) is 13.6 Å². The highest BCUT2D eigenvalue weighted by molar-refractivity contribution is 7.61. The molecule has 0 aliphatic carbocycles. The first-order valence-corrected chi connectivity index (χ1v) is 6.08. The molecule has 4 nitrogen and oxygen atoms in total. The molecular formula is C9H14NO3P. The summed E-state index contributed by atoms with van der Waals surface area (Å²) >= 11 is 0. The van der Waals surface area contributed by atoms with E-state index in [1.165, 1.54) is 0 Å². The zero-order chi connectivity index (χ0) is 10.4.